The van der Waals surface area contributed by atoms with E-state index in [-0.39, 0.29) is 5.41 Å². The number of benzene rings is 3. The molecule has 1 aliphatic rings. The summed E-state index contributed by atoms with van der Waals surface area (Å²) in [6.45, 7) is 9.98. The van der Waals surface area contributed by atoms with Crippen molar-refractivity contribution < 1.29 is 18.9 Å². The summed E-state index contributed by atoms with van der Waals surface area (Å²) in [6, 6.07) is 20.3. The van der Waals surface area contributed by atoms with E-state index < -0.39 is 0 Å². The summed E-state index contributed by atoms with van der Waals surface area (Å²) in [4.78, 5) is 2.12. The van der Waals surface area contributed by atoms with E-state index >= 15 is 0 Å². The topological polar surface area (TPSA) is 40.2 Å². The molecule has 0 saturated carbocycles. The number of anilines is 1. The van der Waals surface area contributed by atoms with Gasteiger partial charge in [-0.25, -0.2) is 0 Å². The first-order valence-corrected chi connectivity index (χ1v) is 12.7. The monoisotopic (exact) mass is 489 g/mol. The van der Waals surface area contributed by atoms with E-state index in [0.29, 0.717) is 39.6 Å². The highest BCUT2D eigenvalue weighted by molar-refractivity contribution is 5.84. The zero-order chi connectivity index (χ0) is 25.7. The lowest BCUT2D eigenvalue weighted by atomic mass is 9.73. The summed E-state index contributed by atoms with van der Waals surface area (Å²) in [5.74, 6) is 0.860. The third-order valence-electron chi connectivity index (χ3n) is 7.02. The second kappa shape index (κ2) is 11.5. The number of hydrogen-bond donors (Lipinski definition) is 0. The Bertz CT molecular complexity index is 1140. The van der Waals surface area contributed by atoms with E-state index in [1.165, 1.54) is 38.9 Å². The van der Waals surface area contributed by atoms with Crippen LogP contribution in [0.1, 0.15) is 34.7 Å². The largest absolute Gasteiger partial charge is 0.489 e. The van der Waals surface area contributed by atoms with Crippen LogP contribution in [0.4, 0.5) is 5.69 Å². The van der Waals surface area contributed by atoms with Gasteiger partial charge in [0.2, 0.25) is 0 Å². The normalized spacial score (nSPS) is 13.4. The molecule has 0 heterocycles. The van der Waals surface area contributed by atoms with Gasteiger partial charge >= 0.3 is 0 Å². The molecule has 192 valence electrons. The van der Waals surface area contributed by atoms with Crippen LogP contribution in [0.15, 0.2) is 54.6 Å². The Morgan fingerprint density at radius 2 is 1.25 bits per heavy atom. The molecule has 0 saturated heterocycles. The highest BCUT2D eigenvalue weighted by atomic mass is 16.6. The van der Waals surface area contributed by atoms with Crippen LogP contribution < -0.4 is 9.64 Å². The minimum atomic E-state index is -0.238. The highest BCUT2D eigenvalue weighted by Crippen LogP contribution is 2.53. The number of fused-ring (bicyclic) bond motifs is 3. The maximum Gasteiger partial charge on any atom is 0.142 e. The summed E-state index contributed by atoms with van der Waals surface area (Å²) in [6.07, 6.45) is 0. The molecular formula is C31H39NO4. The summed E-state index contributed by atoms with van der Waals surface area (Å²) in [5.41, 5.74) is 10.0. The van der Waals surface area contributed by atoms with Crippen molar-refractivity contribution in [1.29, 1.82) is 0 Å². The Morgan fingerprint density at radius 3 is 1.81 bits per heavy atom. The molecule has 0 bridgehead atoms. The SMILES string of the molecule is COCCOCCOCCOc1ccc(C2(C)c3cc(C)ccc3-c3ccc(C)cc32)cc1N(C)C. The van der Waals surface area contributed by atoms with E-state index in [1.54, 1.807) is 7.11 Å². The van der Waals surface area contributed by atoms with Gasteiger partial charge in [-0.1, -0.05) is 53.6 Å². The van der Waals surface area contributed by atoms with E-state index in [4.69, 9.17) is 18.9 Å². The highest BCUT2D eigenvalue weighted by Gasteiger charge is 2.41. The molecule has 0 spiro atoms. The molecule has 0 atom stereocenters. The van der Waals surface area contributed by atoms with Crippen LogP contribution in [0.5, 0.6) is 5.75 Å². The van der Waals surface area contributed by atoms with Crippen LogP contribution in [0.2, 0.25) is 0 Å². The van der Waals surface area contributed by atoms with Crippen molar-refractivity contribution in [2.24, 2.45) is 0 Å². The Kier molecular flexibility index (Phi) is 8.35. The molecule has 5 heteroatoms. The van der Waals surface area contributed by atoms with Crippen LogP contribution in [0.3, 0.4) is 0 Å². The van der Waals surface area contributed by atoms with Crippen molar-refractivity contribution in [2.75, 3.05) is 65.7 Å². The smallest absolute Gasteiger partial charge is 0.142 e. The van der Waals surface area contributed by atoms with Gasteiger partial charge in [0, 0.05) is 26.6 Å². The zero-order valence-corrected chi connectivity index (χ0v) is 22.5. The predicted molar refractivity (Wildman–Crippen MR) is 147 cm³/mol. The van der Waals surface area contributed by atoms with Gasteiger partial charge in [0.15, 0.2) is 0 Å². The quantitative estimate of drug-likeness (QED) is 0.303. The lowest BCUT2D eigenvalue weighted by Crippen LogP contribution is -2.24. The zero-order valence-electron chi connectivity index (χ0n) is 22.5. The van der Waals surface area contributed by atoms with E-state index in [1.807, 2.05) is 0 Å². The van der Waals surface area contributed by atoms with Gasteiger partial charge in [-0.3, -0.25) is 0 Å². The molecule has 0 N–H and O–H groups in total. The third-order valence-corrected chi connectivity index (χ3v) is 7.02. The number of nitrogens with zero attached hydrogens (tertiary/aromatic N) is 1. The van der Waals surface area contributed by atoms with Gasteiger partial charge in [-0.2, -0.15) is 0 Å². The first-order valence-electron chi connectivity index (χ1n) is 12.7. The standard InChI is InChI=1S/C31H39NO4/c1-22-7-10-25-26-11-8-23(2)20-28(26)31(3,27(25)19-22)24-9-12-30(29(21-24)32(4)5)36-18-17-35-16-15-34-14-13-33-6/h7-12,19-21H,13-18H2,1-6H3. The van der Waals surface area contributed by atoms with Gasteiger partial charge in [0.05, 0.1) is 38.7 Å². The van der Waals surface area contributed by atoms with Crippen molar-refractivity contribution in [1.82, 2.24) is 0 Å². The van der Waals surface area contributed by atoms with Crippen LogP contribution in [0.25, 0.3) is 11.1 Å². The fraction of sp³-hybridized carbons (Fsp3) is 0.419. The van der Waals surface area contributed by atoms with Crippen LogP contribution in [-0.4, -0.2) is 60.8 Å². The molecule has 0 unspecified atom stereocenters. The third kappa shape index (κ3) is 5.29. The van der Waals surface area contributed by atoms with Crippen molar-refractivity contribution in [2.45, 2.75) is 26.2 Å². The van der Waals surface area contributed by atoms with Gasteiger partial charge in [0.25, 0.3) is 0 Å². The Morgan fingerprint density at radius 1 is 0.694 bits per heavy atom. The van der Waals surface area contributed by atoms with E-state index in [2.05, 4.69) is 94.4 Å². The molecule has 3 aromatic carbocycles. The number of aryl methyl sites for hydroxylation is 2. The number of hydrogen-bond acceptors (Lipinski definition) is 5. The van der Waals surface area contributed by atoms with Gasteiger partial charge < -0.3 is 23.8 Å². The molecule has 0 amide bonds. The van der Waals surface area contributed by atoms with Gasteiger partial charge in [0.1, 0.15) is 12.4 Å². The van der Waals surface area contributed by atoms with E-state index in [0.717, 1.165) is 11.4 Å². The van der Waals surface area contributed by atoms with Crippen molar-refractivity contribution >= 4 is 5.69 Å². The molecule has 36 heavy (non-hydrogen) atoms. The molecule has 0 fully saturated rings. The molecular weight excluding hydrogens is 450 g/mol. The number of ether oxygens (including phenoxy) is 4. The van der Waals surface area contributed by atoms with Crippen molar-refractivity contribution in [3.8, 4) is 16.9 Å². The summed E-state index contributed by atoms with van der Waals surface area (Å²) in [5, 5.41) is 0. The average molecular weight is 490 g/mol. The minimum Gasteiger partial charge on any atom is -0.489 e. The second-order valence-corrected chi connectivity index (χ2v) is 9.87. The molecule has 0 radical (unpaired) electrons. The molecule has 1 aliphatic carbocycles. The predicted octanol–water partition coefficient (Wildman–Crippen LogP) is 5.76. The van der Waals surface area contributed by atoms with Crippen LogP contribution in [0, 0.1) is 13.8 Å². The summed E-state index contributed by atoms with van der Waals surface area (Å²) in [7, 11) is 5.79. The lowest BCUT2D eigenvalue weighted by molar-refractivity contribution is 0.0180. The average Bonchev–Trinajstić information content (AvgIpc) is 3.11. The summed E-state index contributed by atoms with van der Waals surface area (Å²) >= 11 is 0. The first-order chi connectivity index (χ1) is 17.4. The first kappa shape index (κ1) is 26.2. The second-order valence-electron chi connectivity index (χ2n) is 9.87. The van der Waals surface area contributed by atoms with Crippen LogP contribution >= 0.6 is 0 Å². The number of rotatable bonds is 12. The molecule has 5 nitrogen and oxygen atoms in total. The molecule has 3 aromatic rings. The van der Waals surface area contributed by atoms with E-state index in [9.17, 15) is 0 Å². The fourth-order valence-electron chi connectivity index (χ4n) is 5.04. The maximum absolute atomic E-state index is 6.14. The van der Waals surface area contributed by atoms with Crippen LogP contribution in [-0.2, 0) is 19.6 Å². The Hall–Kier alpha value is -2.86. The maximum atomic E-state index is 6.14. The molecule has 0 aromatic heterocycles. The lowest BCUT2D eigenvalue weighted by Gasteiger charge is -2.30. The molecule has 4 rings (SSSR count). The van der Waals surface area contributed by atoms with Crippen molar-refractivity contribution in [3.05, 3.63) is 82.4 Å². The Labute approximate surface area is 215 Å². The van der Waals surface area contributed by atoms with Crippen molar-refractivity contribution in [3.63, 3.8) is 0 Å². The van der Waals surface area contributed by atoms with Gasteiger partial charge in [-0.05, 0) is 60.7 Å². The Balaban J connectivity index is 1.55. The molecule has 0 aliphatic heterocycles. The fourth-order valence-corrected chi connectivity index (χ4v) is 5.04. The number of methoxy groups -OCH3 is 1. The minimum absolute atomic E-state index is 0.238. The van der Waals surface area contributed by atoms with Gasteiger partial charge in [-0.15, -0.1) is 0 Å². The summed E-state index contributed by atoms with van der Waals surface area (Å²) < 4.78 is 22.2.